The van der Waals surface area contributed by atoms with Crippen molar-refractivity contribution < 1.29 is 9.84 Å². The molecule has 0 heterocycles. The molecular weight excluding hydrogens is 417 g/mol. The SMILES string of the molecule is CCNC(=NCC(O)COCC(C)C)NC1CCC(C)(C)CC1.I. The standard InChI is InChI=1S/C18H37N3O2.HI/c1-6-19-17(20-11-16(22)13-23-12-14(2)3)21-15-7-9-18(4,5)10-8-15;/h14-16,22H,6-13H2,1-5H3,(H2,19,20,21);1H. The topological polar surface area (TPSA) is 65.9 Å². The second kappa shape index (κ2) is 12.3. The number of guanidine groups is 1. The molecule has 1 rings (SSSR count). The molecule has 0 radical (unpaired) electrons. The average molecular weight is 455 g/mol. The van der Waals surface area contributed by atoms with Crippen LogP contribution in [0, 0.1) is 11.3 Å². The Bertz CT molecular complexity index is 352. The highest BCUT2D eigenvalue weighted by molar-refractivity contribution is 14.0. The Kier molecular flexibility index (Phi) is 12.3. The number of nitrogens with one attached hydrogen (secondary N) is 2. The molecule has 0 saturated heterocycles. The van der Waals surface area contributed by atoms with Gasteiger partial charge in [-0.15, -0.1) is 24.0 Å². The van der Waals surface area contributed by atoms with E-state index < -0.39 is 6.10 Å². The Morgan fingerprint density at radius 1 is 1.25 bits per heavy atom. The molecule has 1 fully saturated rings. The first-order valence-corrected chi connectivity index (χ1v) is 9.13. The number of rotatable bonds is 8. The summed E-state index contributed by atoms with van der Waals surface area (Å²) in [5, 5.41) is 16.7. The van der Waals surface area contributed by atoms with Crippen LogP contribution in [-0.2, 0) is 4.74 Å². The lowest BCUT2D eigenvalue weighted by atomic mass is 9.75. The third kappa shape index (κ3) is 10.7. The lowest BCUT2D eigenvalue weighted by molar-refractivity contribution is 0.0301. The van der Waals surface area contributed by atoms with Gasteiger partial charge in [0.15, 0.2) is 5.96 Å². The fourth-order valence-corrected chi connectivity index (χ4v) is 2.75. The molecule has 1 aliphatic carbocycles. The first-order chi connectivity index (χ1) is 10.8. The van der Waals surface area contributed by atoms with Crippen LogP contribution >= 0.6 is 24.0 Å². The van der Waals surface area contributed by atoms with Gasteiger partial charge in [-0.05, 0) is 43.9 Å². The van der Waals surface area contributed by atoms with Crippen molar-refractivity contribution in [1.82, 2.24) is 10.6 Å². The minimum Gasteiger partial charge on any atom is -0.389 e. The Morgan fingerprint density at radius 2 is 1.88 bits per heavy atom. The number of aliphatic imine (C=N–C) groups is 1. The van der Waals surface area contributed by atoms with Crippen LogP contribution in [0.5, 0.6) is 0 Å². The first-order valence-electron chi connectivity index (χ1n) is 9.13. The Labute approximate surface area is 165 Å². The molecule has 144 valence electrons. The van der Waals surface area contributed by atoms with Crippen molar-refractivity contribution in [3.63, 3.8) is 0 Å². The van der Waals surface area contributed by atoms with Gasteiger partial charge in [0.2, 0.25) is 0 Å². The van der Waals surface area contributed by atoms with E-state index in [9.17, 15) is 5.11 Å². The minimum atomic E-state index is -0.547. The van der Waals surface area contributed by atoms with Gasteiger partial charge in [0, 0.05) is 19.2 Å². The molecule has 5 nitrogen and oxygen atoms in total. The Hall–Kier alpha value is -0.0800. The van der Waals surface area contributed by atoms with E-state index in [0.29, 0.717) is 37.1 Å². The van der Waals surface area contributed by atoms with Crippen molar-refractivity contribution in [2.75, 3.05) is 26.3 Å². The van der Waals surface area contributed by atoms with Gasteiger partial charge in [0.1, 0.15) is 0 Å². The number of hydrogen-bond donors (Lipinski definition) is 3. The number of nitrogens with zero attached hydrogens (tertiary/aromatic N) is 1. The highest BCUT2D eigenvalue weighted by Gasteiger charge is 2.27. The van der Waals surface area contributed by atoms with Crippen LogP contribution in [0.25, 0.3) is 0 Å². The molecule has 1 unspecified atom stereocenters. The van der Waals surface area contributed by atoms with Crippen LogP contribution in [-0.4, -0.2) is 49.5 Å². The second-order valence-electron chi connectivity index (χ2n) is 7.89. The van der Waals surface area contributed by atoms with Crippen LogP contribution < -0.4 is 10.6 Å². The molecule has 1 saturated carbocycles. The average Bonchev–Trinajstić information content (AvgIpc) is 2.46. The molecule has 0 aromatic heterocycles. The predicted octanol–water partition coefficient (Wildman–Crippen LogP) is 3.16. The lowest BCUT2D eigenvalue weighted by Gasteiger charge is -2.35. The van der Waals surface area contributed by atoms with Gasteiger partial charge in [-0.2, -0.15) is 0 Å². The summed E-state index contributed by atoms with van der Waals surface area (Å²) in [7, 11) is 0. The van der Waals surface area contributed by atoms with Crippen LogP contribution in [0.15, 0.2) is 4.99 Å². The number of aliphatic hydroxyl groups is 1. The van der Waals surface area contributed by atoms with Gasteiger partial charge in [-0.3, -0.25) is 4.99 Å². The van der Waals surface area contributed by atoms with Crippen molar-refractivity contribution in [2.45, 2.75) is 72.4 Å². The number of hydrogen-bond acceptors (Lipinski definition) is 3. The lowest BCUT2D eigenvalue weighted by Crippen LogP contribution is -2.46. The van der Waals surface area contributed by atoms with Crippen molar-refractivity contribution in [3.8, 4) is 0 Å². The maximum Gasteiger partial charge on any atom is 0.191 e. The van der Waals surface area contributed by atoms with E-state index in [2.05, 4.69) is 50.2 Å². The zero-order chi connectivity index (χ0) is 17.3. The van der Waals surface area contributed by atoms with Gasteiger partial charge in [-0.25, -0.2) is 0 Å². The number of ether oxygens (including phenoxy) is 1. The normalized spacial score (nSPS) is 19.7. The molecule has 0 amide bonds. The number of halogens is 1. The summed E-state index contributed by atoms with van der Waals surface area (Å²) in [5.41, 5.74) is 0.470. The van der Waals surface area contributed by atoms with E-state index in [1.807, 2.05) is 0 Å². The summed E-state index contributed by atoms with van der Waals surface area (Å²) in [4.78, 5) is 4.51. The van der Waals surface area contributed by atoms with Crippen molar-refractivity contribution >= 4 is 29.9 Å². The fraction of sp³-hybridized carbons (Fsp3) is 0.944. The Balaban J connectivity index is 0.00000529. The molecule has 1 aliphatic rings. The third-order valence-corrected chi connectivity index (χ3v) is 4.25. The van der Waals surface area contributed by atoms with Crippen molar-refractivity contribution in [2.24, 2.45) is 16.3 Å². The highest BCUT2D eigenvalue weighted by Crippen LogP contribution is 2.34. The summed E-state index contributed by atoms with van der Waals surface area (Å²) in [5.74, 6) is 1.29. The van der Waals surface area contributed by atoms with Gasteiger partial charge >= 0.3 is 0 Å². The quantitative estimate of drug-likeness (QED) is 0.299. The van der Waals surface area contributed by atoms with Crippen molar-refractivity contribution in [1.29, 1.82) is 0 Å². The molecule has 0 aromatic rings. The largest absolute Gasteiger partial charge is 0.389 e. The fourth-order valence-electron chi connectivity index (χ4n) is 2.75. The Morgan fingerprint density at radius 3 is 2.42 bits per heavy atom. The molecule has 0 bridgehead atoms. The summed E-state index contributed by atoms with van der Waals surface area (Å²) >= 11 is 0. The van der Waals surface area contributed by atoms with E-state index >= 15 is 0 Å². The van der Waals surface area contributed by atoms with Gasteiger partial charge < -0.3 is 20.5 Å². The molecule has 24 heavy (non-hydrogen) atoms. The van der Waals surface area contributed by atoms with Gasteiger partial charge in [0.25, 0.3) is 0 Å². The van der Waals surface area contributed by atoms with Crippen LogP contribution in [0.1, 0.15) is 60.3 Å². The molecule has 6 heteroatoms. The summed E-state index contributed by atoms with van der Waals surface area (Å²) in [6.45, 7) is 13.2. The summed E-state index contributed by atoms with van der Waals surface area (Å²) < 4.78 is 5.46. The second-order valence-corrected chi connectivity index (χ2v) is 7.89. The van der Waals surface area contributed by atoms with E-state index in [-0.39, 0.29) is 24.0 Å². The minimum absolute atomic E-state index is 0. The van der Waals surface area contributed by atoms with Gasteiger partial charge in [0.05, 0.1) is 19.3 Å². The molecular formula is C18H38IN3O2. The molecule has 0 aliphatic heterocycles. The van der Waals surface area contributed by atoms with E-state index in [0.717, 1.165) is 12.5 Å². The zero-order valence-corrected chi connectivity index (χ0v) is 18.4. The molecule has 0 aromatic carbocycles. The van der Waals surface area contributed by atoms with Crippen LogP contribution in [0.3, 0.4) is 0 Å². The first kappa shape index (κ1) is 23.9. The summed E-state index contributed by atoms with van der Waals surface area (Å²) in [6.07, 6.45) is 4.30. The highest BCUT2D eigenvalue weighted by atomic mass is 127. The molecule has 1 atom stereocenters. The predicted molar refractivity (Wildman–Crippen MR) is 112 cm³/mol. The maximum absolute atomic E-state index is 9.97. The van der Waals surface area contributed by atoms with E-state index in [4.69, 9.17) is 4.74 Å². The van der Waals surface area contributed by atoms with E-state index in [1.165, 1.54) is 25.7 Å². The van der Waals surface area contributed by atoms with Crippen LogP contribution in [0.2, 0.25) is 0 Å². The number of aliphatic hydroxyl groups excluding tert-OH is 1. The maximum atomic E-state index is 9.97. The smallest absolute Gasteiger partial charge is 0.191 e. The van der Waals surface area contributed by atoms with Crippen LogP contribution in [0.4, 0.5) is 0 Å². The van der Waals surface area contributed by atoms with Crippen molar-refractivity contribution in [3.05, 3.63) is 0 Å². The molecule has 3 N–H and O–H groups in total. The third-order valence-electron chi connectivity index (χ3n) is 4.25. The molecule has 0 spiro atoms. The van der Waals surface area contributed by atoms with Gasteiger partial charge in [-0.1, -0.05) is 27.7 Å². The monoisotopic (exact) mass is 455 g/mol. The zero-order valence-electron chi connectivity index (χ0n) is 16.1. The summed E-state index contributed by atoms with van der Waals surface area (Å²) in [6, 6.07) is 0.482. The van der Waals surface area contributed by atoms with E-state index in [1.54, 1.807) is 0 Å².